The fraction of sp³-hybridized carbons (Fsp3) is 0.500. The zero-order valence-electron chi connectivity index (χ0n) is 11.8. The summed E-state index contributed by atoms with van der Waals surface area (Å²) in [5.74, 6) is -7.35. The molecule has 0 aliphatic heterocycles. The molecule has 0 aromatic heterocycles. The number of nitrogens with zero attached hydrogens (tertiary/aromatic N) is 1. The summed E-state index contributed by atoms with van der Waals surface area (Å²) in [7, 11) is 0. The van der Waals surface area contributed by atoms with Gasteiger partial charge in [0.15, 0.2) is 17.4 Å². The second-order valence-electron chi connectivity index (χ2n) is 4.77. The molecule has 0 fully saturated rings. The highest BCUT2D eigenvalue weighted by molar-refractivity contribution is 5.28. The maximum Gasteiger partial charge on any atom is 0.203 e. The van der Waals surface area contributed by atoms with Crippen molar-refractivity contribution < 1.29 is 22.3 Å². The number of rotatable bonds is 7. The van der Waals surface area contributed by atoms with Crippen LogP contribution >= 0.6 is 0 Å². The third-order valence-corrected chi connectivity index (χ3v) is 2.93. The Kier molecular flexibility index (Phi) is 5.97. The van der Waals surface area contributed by atoms with Crippen molar-refractivity contribution in [2.45, 2.75) is 32.2 Å². The lowest BCUT2D eigenvalue weighted by Gasteiger charge is -2.23. The topological polar surface area (TPSA) is 45.0 Å². The summed E-state index contributed by atoms with van der Waals surface area (Å²) in [4.78, 5) is 0. The number of halogens is 4. The molecule has 0 radical (unpaired) electrons. The summed E-state index contributed by atoms with van der Waals surface area (Å²) in [5, 5.41) is 12.0. The van der Waals surface area contributed by atoms with Crippen molar-refractivity contribution in [3.05, 3.63) is 29.3 Å². The average Bonchev–Trinajstić information content (AvgIpc) is 2.46. The van der Waals surface area contributed by atoms with Gasteiger partial charge >= 0.3 is 0 Å². The molecule has 1 aromatic rings. The van der Waals surface area contributed by atoms with E-state index in [0.29, 0.717) is 6.54 Å². The van der Waals surface area contributed by atoms with E-state index in [-0.39, 0.29) is 19.1 Å². The Morgan fingerprint density at radius 1 is 1.24 bits per heavy atom. The monoisotopic (exact) mass is 304 g/mol. The number of hydrogen-bond donors (Lipinski definition) is 1. The maximum atomic E-state index is 13.4. The van der Waals surface area contributed by atoms with E-state index in [2.05, 4.69) is 5.32 Å². The molecule has 1 rings (SSSR count). The van der Waals surface area contributed by atoms with Gasteiger partial charge < -0.3 is 4.74 Å². The second-order valence-corrected chi connectivity index (χ2v) is 4.77. The van der Waals surface area contributed by atoms with Gasteiger partial charge in [-0.05, 0) is 19.9 Å². The van der Waals surface area contributed by atoms with Gasteiger partial charge in [0.1, 0.15) is 5.54 Å². The second kappa shape index (κ2) is 7.27. The lowest BCUT2D eigenvalue weighted by atomic mass is 10.0. The molecule has 0 spiro atoms. The largest absolute Gasteiger partial charge is 0.487 e. The third kappa shape index (κ3) is 4.33. The number of benzene rings is 1. The molecule has 21 heavy (non-hydrogen) atoms. The molecular formula is C14H16F4N2O. The normalized spacial score (nSPS) is 13.6. The van der Waals surface area contributed by atoms with Gasteiger partial charge in [0, 0.05) is 12.5 Å². The highest BCUT2D eigenvalue weighted by Crippen LogP contribution is 2.26. The molecule has 0 heterocycles. The third-order valence-electron chi connectivity index (χ3n) is 2.93. The highest BCUT2D eigenvalue weighted by atomic mass is 19.2. The molecule has 116 valence electrons. The van der Waals surface area contributed by atoms with Crippen molar-refractivity contribution in [3.8, 4) is 11.8 Å². The number of hydrogen-bond acceptors (Lipinski definition) is 3. The van der Waals surface area contributed by atoms with Crippen LogP contribution in [0.3, 0.4) is 0 Å². The molecule has 0 saturated carbocycles. The van der Waals surface area contributed by atoms with Crippen molar-refractivity contribution in [1.29, 1.82) is 5.26 Å². The smallest absolute Gasteiger partial charge is 0.203 e. The van der Waals surface area contributed by atoms with Gasteiger partial charge in [0.2, 0.25) is 11.6 Å². The Labute approximate surface area is 120 Å². The molecule has 3 nitrogen and oxygen atoms in total. The molecule has 1 N–H and O–H groups in total. The Balaban J connectivity index is 2.75. The van der Waals surface area contributed by atoms with Crippen LogP contribution in [0.4, 0.5) is 17.6 Å². The van der Waals surface area contributed by atoms with E-state index < -0.39 is 34.6 Å². The van der Waals surface area contributed by atoms with Crippen LogP contribution in [0.5, 0.6) is 5.75 Å². The van der Waals surface area contributed by atoms with E-state index in [1.165, 1.54) is 0 Å². The molecule has 0 aliphatic carbocycles. The van der Waals surface area contributed by atoms with Gasteiger partial charge in [0.25, 0.3) is 0 Å². The zero-order valence-corrected chi connectivity index (χ0v) is 11.8. The first kappa shape index (κ1) is 17.2. The Hall–Kier alpha value is -1.81. The minimum atomic E-state index is -1.59. The van der Waals surface area contributed by atoms with Crippen LogP contribution in [0.2, 0.25) is 0 Å². The first-order valence-electron chi connectivity index (χ1n) is 6.46. The van der Waals surface area contributed by atoms with E-state index in [1.54, 1.807) is 6.92 Å². The average molecular weight is 304 g/mol. The molecule has 1 unspecified atom stereocenters. The van der Waals surface area contributed by atoms with Gasteiger partial charge in [-0.25, -0.2) is 8.78 Å². The van der Waals surface area contributed by atoms with Gasteiger partial charge in [-0.1, -0.05) is 6.92 Å². The fourth-order valence-electron chi connectivity index (χ4n) is 1.62. The Morgan fingerprint density at radius 2 is 1.81 bits per heavy atom. The number of ether oxygens (including phenoxy) is 1. The molecule has 7 heteroatoms. The minimum Gasteiger partial charge on any atom is -0.487 e. The van der Waals surface area contributed by atoms with Crippen LogP contribution in [0, 0.1) is 34.6 Å². The quantitative estimate of drug-likeness (QED) is 0.621. The maximum absolute atomic E-state index is 13.4. The van der Waals surface area contributed by atoms with E-state index >= 15 is 0 Å². The van der Waals surface area contributed by atoms with E-state index in [4.69, 9.17) is 10.00 Å². The summed E-state index contributed by atoms with van der Waals surface area (Å²) in [5.41, 5.74) is -0.950. The SMILES string of the molecule is CCCNC(C)(C#N)CCOc1c(F)c(F)cc(F)c1F. The van der Waals surface area contributed by atoms with Crippen LogP contribution in [-0.2, 0) is 0 Å². The fourth-order valence-corrected chi connectivity index (χ4v) is 1.62. The van der Waals surface area contributed by atoms with Crippen molar-refractivity contribution in [2.24, 2.45) is 0 Å². The van der Waals surface area contributed by atoms with Crippen LogP contribution in [0.1, 0.15) is 26.7 Å². The molecule has 0 amide bonds. The van der Waals surface area contributed by atoms with E-state index in [9.17, 15) is 17.6 Å². The van der Waals surface area contributed by atoms with Crippen LogP contribution in [0.25, 0.3) is 0 Å². The Bertz CT molecular complexity index is 519. The minimum absolute atomic E-state index is 0.0977. The first-order chi connectivity index (χ1) is 9.84. The molecule has 1 aromatic carbocycles. The highest BCUT2D eigenvalue weighted by Gasteiger charge is 2.25. The van der Waals surface area contributed by atoms with Gasteiger partial charge in [0.05, 0.1) is 12.7 Å². The van der Waals surface area contributed by atoms with Crippen LogP contribution in [0.15, 0.2) is 6.07 Å². The standard InChI is InChI=1S/C14H16F4N2O/c1-3-5-20-14(2,8-19)4-6-21-13-11(17)9(15)7-10(16)12(13)18/h7,20H,3-6H2,1-2H3. The summed E-state index contributed by atoms with van der Waals surface area (Å²) in [6.45, 7) is 3.84. The molecular weight excluding hydrogens is 288 g/mol. The lowest BCUT2D eigenvalue weighted by Crippen LogP contribution is -2.42. The van der Waals surface area contributed by atoms with E-state index in [0.717, 1.165) is 6.42 Å². The predicted molar refractivity (Wildman–Crippen MR) is 68.7 cm³/mol. The van der Waals surface area contributed by atoms with Crippen molar-refractivity contribution in [3.63, 3.8) is 0 Å². The first-order valence-corrected chi connectivity index (χ1v) is 6.46. The van der Waals surface area contributed by atoms with Gasteiger partial charge in [-0.15, -0.1) is 0 Å². The molecule has 0 bridgehead atoms. The summed E-state index contributed by atoms with van der Waals surface area (Å²) in [6, 6.07) is 2.14. The van der Waals surface area contributed by atoms with Crippen molar-refractivity contribution in [2.75, 3.05) is 13.2 Å². The zero-order chi connectivity index (χ0) is 16.0. The molecule has 1 atom stereocenters. The van der Waals surface area contributed by atoms with Crippen LogP contribution < -0.4 is 10.1 Å². The summed E-state index contributed by atoms with van der Waals surface area (Å²) >= 11 is 0. The molecule has 0 aliphatic rings. The van der Waals surface area contributed by atoms with Crippen LogP contribution in [-0.4, -0.2) is 18.7 Å². The lowest BCUT2D eigenvalue weighted by molar-refractivity contribution is 0.239. The van der Waals surface area contributed by atoms with Gasteiger partial charge in [-0.2, -0.15) is 14.0 Å². The number of nitrogens with one attached hydrogen (secondary N) is 1. The van der Waals surface area contributed by atoms with E-state index in [1.807, 2.05) is 13.0 Å². The van der Waals surface area contributed by atoms with Crippen molar-refractivity contribution in [1.82, 2.24) is 5.32 Å². The summed E-state index contributed by atoms with van der Waals surface area (Å²) < 4.78 is 57.5. The summed E-state index contributed by atoms with van der Waals surface area (Å²) in [6.07, 6.45) is 0.900. The number of nitriles is 1. The van der Waals surface area contributed by atoms with Gasteiger partial charge in [-0.3, -0.25) is 5.32 Å². The Morgan fingerprint density at radius 3 is 2.29 bits per heavy atom. The van der Waals surface area contributed by atoms with Crippen molar-refractivity contribution >= 4 is 0 Å². The molecule has 0 saturated heterocycles. The predicted octanol–water partition coefficient (Wildman–Crippen LogP) is 3.29.